The van der Waals surface area contributed by atoms with Crippen molar-refractivity contribution in [2.75, 3.05) is 0 Å². The molecule has 0 amide bonds. The molecule has 0 aliphatic rings. The molecule has 0 saturated heterocycles. The third-order valence-corrected chi connectivity index (χ3v) is 3.61. The predicted octanol–water partition coefficient (Wildman–Crippen LogP) is 5.69. The van der Waals surface area contributed by atoms with E-state index in [1.54, 1.807) is 24.3 Å². The number of alkyl halides is 3. The zero-order valence-corrected chi connectivity index (χ0v) is 13.2. The fourth-order valence-corrected chi connectivity index (χ4v) is 2.40. The molecule has 132 valence electrons. The van der Waals surface area contributed by atoms with Gasteiger partial charge in [0, 0.05) is 17.0 Å². The first-order valence-electron chi connectivity index (χ1n) is 7.53. The van der Waals surface area contributed by atoms with Crippen molar-refractivity contribution in [3.63, 3.8) is 0 Å². The second-order valence-corrected chi connectivity index (χ2v) is 5.39. The number of benzene rings is 2. The van der Waals surface area contributed by atoms with Gasteiger partial charge in [0.1, 0.15) is 5.76 Å². The molecular formula is C18H11BF5NO. The van der Waals surface area contributed by atoms with Crippen LogP contribution in [0.25, 0.3) is 22.7 Å². The molecule has 0 radical (unpaired) electrons. The van der Waals surface area contributed by atoms with Gasteiger partial charge < -0.3 is 4.65 Å². The summed E-state index contributed by atoms with van der Waals surface area (Å²) < 4.78 is 67.9. The minimum atomic E-state index is -4.51. The molecule has 1 aromatic heterocycles. The number of hydrogen-bond donors (Lipinski definition) is 0. The Balaban J connectivity index is 2.00. The zero-order valence-electron chi connectivity index (χ0n) is 13.2. The van der Waals surface area contributed by atoms with Crippen LogP contribution >= 0.6 is 0 Å². The van der Waals surface area contributed by atoms with Crippen molar-refractivity contribution < 1.29 is 26.5 Å². The highest BCUT2D eigenvalue weighted by atomic mass is 19.4. The Morgan fingerprint density at radius 2 is 1.62 bits per heavy atom. The lowest BCUT2D eigenvalue weighted by molar-refractivity contribution is -0.137. The number of fused-ring (bicyclic) bond motifs is 1. The molecule has 0 aliphatic heterocycles. The molecule has 0 saturated carbocycles. The van der Waals surface area contributed by atoms with Crippen LogP contribution in [0.15, 0.2) is 60.7 Å². The van der Waals surface area contributed by atoms with Crippen molar-refractivity contribution in [1.82, 2.24) is 4.98 Å². The van der Waals surface area contributed by atoms with Crippen LogP contribution in [0.1, 0.15) is 16.8 Å². The second kappa shape index (κ2) is 7.15. The van der Waals surface area contributed by atoms with Crippen LogP contribution in [0, 0.1) is 0 Å². The number of rotatable bonds is 4. The van der Waals surface area contributed by atoms with Crippen LogP contribution in [-0.2, 0) is 10.8 Å². The summed E-state index contributed by atoms with van der Waals surface area (Å²) in [5.74, 6) is -0.267. The largest absolute Gasteiger partial charge is 0.796 e. The normalized spacial score (nSPS) is 12.3. The molecular weight excluding hydrogens is 352 g/mol. The van der Waals surface area contributed by atoms with Gasteiger partial charge in [0.05, 0.1) is 16.8 Å². The van der Waals surface area contributed by atoms with Gasteiger partial charge >= 0.3 is 13.6 Å². The molecule has 2 nitrogen and oxygen atoms in total. The van der Waals surface area contributed by atoms with Crippen LogP contribution < -0.4 is 0 Å². The minimum Gasteiger partial charge on any atom is -0.505 e. The molecule has 2 aromatic carbocycles. The number of para-hydroxylation sites is 1. The van der Waals surface area contributed by atoms with E-state index in [2.05, 4.69) is 9.64 Å². The SMILES string of the molecule is FB(F)O/C(=C\c1ccc2ccccc2n1)c1ccc(C(F)(F)F)cc1. The summed E-state index contributed by atoms with van der Waals surface area (Å²) in [5.41, 5.74) is 0.221. The number of aromatic nitrogens is 1. The van der Waals surface area contributed by atoms with Crippen molar-refractivity contribution in [2.45, 2.75) is 6.18 Å². The molecule has 0 spiro atoms. The van der Waals surface area contributed by atoms with Crippen LogP contribution in [0.2, 0.25) is 0 Å². The molecule has 0 unspecified atom stereocenters. The molecule has 0 bridgehead atoms. The van der Waals surface area contributed by atoms with Crippen molar-refractivity contribution in [2.24, 2.45) is 0 Å². The van der Waals surface area contributed by atoms with Crippen LogP contribution in [-0.4, -0.2) is 12.5 Å². The highest BCUT2D eigenvalue weighted by Gasteiger charge is 2.30. The monoisotopic (exact) mass is 363 g/mol. The fourth-order valence-electron chi connectivity index (χ4n) is 2.40. The minimum absolute atomic E-state index is 0.0910. The molecule has 0 fully saturated rings. The smallest absolute Gasteiger partial charge is 0.505 e. The Morgan fingerprint density at radius 3 is 2.27 bits per heavy atom. The van der Waals surface area contributed by atoms with Crippen molar-refractivity contribution >= 4 is 30.2 Å². The highest BCUT2D eigenvalue weighted by Crippen LogP contribution is 2.31. The van der Waals surface area contributed by atoms with Crippen LogP contribution in [0.4, 0.5) is 21.8 Å². The maximum Gasteiger partial charge on any atom is 0.796 e. The standard InChI is InChI=1S/C18H11BF5NO/c20-18(21,22)14-8-5-13(6-9-14)17(26-19(23)24)11-15-10-7-12-3-1-2-4-16(12)25-15/h1-11H/b17-11-. The van der Waals surface area contributed by atoms with Crippen molar-refractivity contribution in [1.29, 1.82) is 0 Å². The molecule has 3 rings (SSSR count). The van der Waals surface area contributed by atoms with E-state index in [4.69, 9.17) is 0 Å². The van der Waals surface area contributed by atoms with Gasteiger partial charge in [-0.05, 0) is 24.3 Å². The summed E-state index contributed by atoms with van der Waals surface area (Å²) in [6, 6.07) is 14.4. The summed E-state index contributed by atoms with van der Waals surface area (Å²) in [7, 11) is -3.12. The van der Waals surface area contributed by atoms with E-state index in [0.717, 1.165) is 29.7 Å². The van der Waals surface area contributed by atoms with E-state index in [0.29, 0.717) is 11.2 Å². The number of nitrogens with zero attached hydrogens (tertiary/aromatic N) is 1. The summed E-state index contributed by atoms with van der Waals surface area (Å²) in [6.45, 7) is 0. The van der Waals surface area contributed by atoms with Crippen LogP contribution in [0.5, 0.6) is 0 Å². The average molecular weight is 363 g/mol. The second-order valence-electron chi connectivity index (χ2n) is 5.39. The molecule has 1 heterocycles. The van der Waals surface area contributed by atoms with E-state index in [1.165, 1.54) is 6.08 Å². The third-order valence-electron chi connectivity index (χ3n) is 3.61. The number of pyridine rings is 1. The first kappa shape index (κ1) is 17.9. The van der Waals surface area contributed by atoms with E-state index < -0.39 is 19.2 Å². The van der Waals surface area contributed by atoms with Gasteiger partial charge in [0.15, 0.2) is 0 Å². The Labute approximate surface area is 146 Å². The van der Waals surface area contributed by atoms with E-state index in [9.17, 15) is 21.8 Å². The fraction of sp³-hybridized carbons (Fsp3) is 0.0556. The summed E-state index contributed by atoms with van der Waals surface area (Å²) in [5, 5.41) is 0.871. The molecule has 8 heteroatoms. The molecule has 0 aliphatic carbocycles. The van der Waals surface area contributed by atoms with Crippen molar-refractivity contribution in [3.8, 4) is 0 Å². The topological polar surface area (TPSA) is 22.1 Å². The Kier molecular flexibility index (Phi) is 4.93. The van der Waals surface area contributed by atoms with Gasteiger partial charge in [-0.2, -0.15) is 13.2 Å². The lowest BCUT2D eigenvalue weighted by Crippen LogP contribution is -2.06. The molecule has 0 N–H and O–H groups in total. The maximum atomic E-state index is 12.7. The summed E-state index contributed by atoms with van der Waals surface area (Å²) >= 11 is 0. The lowest BCUT2D eigenvalue weighted by atomic mass is 10.1. The number of halogens is 5. The van der Waals surface area contributed by atoms with E-state index in [-0.39, 0.29) is 11.3 Å². The molecule has 0 atom stereocenters. The van der Waals surface area contributed by atoms with E-state index >= 15 is 0 Å². The van der Waals surface area contributed by atoms with Gasteiger partial charge in [-0.25, -0.2) is 13.6 Å². The van der Waals surface area contributed by atoms with Crippen molar-refractivity contribution in [3.05, 3.63) is 77.5 Å². The third kappa shape index (κ3) is 4.19. The Morgan fingerprint density at radius 1 is 0.923 bits per heavy atom. The highest BCUT2D eigenvalue weighted by molar-refractivity contribution is 6.36. The lowest BCUT2D eigenvalue weighted by Gasteiger charge is -2.11. The molecule has 3 aromatic rings. The number of hydrogen-bond acceptors (Lipinski definition) is 2. The van der Waals surface area contributed by atoms with E-state index in [1.807, 2.05) is 12.1 Å². The predicted molar refractivity (Wildman–Crippen MR) is 90.1 cm³/mol. The van der Waals surface area contributed by atoms with Gasteiger partial charge in [-0.1, -0.05) is 36.4 Å². The summed E-state index contributed by atoms with van der Waals surface area (Å²) in [6.07, 6.45) is -3.24. The van der Waals surface area contributed by atoms with Gasteiger partial charge in [0.25, 0.3) is 0 Å². The zero-order chi connectivity index (χ0) is 18.7. The maximum absolute atomic E-state index is 12.7. The first-order chi connectivity index (χ1) is 12.3. The average Bonchev–Trinajstić information content (AvgIpc) is 2.60. The van der Waals surface area contributed by atoms with Gasteiger partial charge in [-0.15, -0.1) is 0 Å². The first-order valence-corrected chi connectivity index (χ1v) is 7.53. The molecule has 26 heavy (non-hydrogen) atoms. The Hall–Kier alpha value is -2.90. The van der Waals surface area contributed by atoms with Crippen LogP contribution in [0.3, 0.4) is 0 Å². The van der Waals surface area contributed by atoms with Gasteiger partial charge in [0.2, 0.25) is 0 Å². The quantitative estimate of drug-likeness (QED) is 0.337. The summed E-state index contributed by atoms with van der Waals surface area (Å²) in [4.78, 5) is 4.32. The Bertz CT molecular complexity index is 938. The van der Waals surface area contributed by atoms with Gasteiger partial charge in [-0.3, -0.25) is 0 Å².